The molecule has 1 heterocycles. The third kappa shape index (κ3) is 5.44. The molecule has 0 spiro atoms. The second kappa shape index (κ2) is 9.20. The number of carbonyl (C=O) groups is 1. The maximum Gasteiger partial charge on any atom is 0.238 e. The van der Waals surface area contributed by atoms with Gasteiger partial charge in [0.2, 0.25) is 5.91 Å². The zero-order valence-corrected chi connectivity index (χ0v) is 17.3. The molecule has 0 atom stereocenters. The summed E-state index contributed by atoms with van der Waals surface area (Å²) in [6.07, 6.45) is 0. The monoisotopic (exact) mass is 455 g/mol. The van der Waals surface area contributed by atoms with Crippen LogP contribution in [0, 0.1) is 0 Å². The largest absolute Gasteiger partial charge is 0.324 e. The van der Waals surface area contributed by atoms with Crippen LogP contribution < -0.4 is 5.32 Å². The van der Waals surface area contributed by atoms with Gasteiger partial charge in [0, 0.05) is 42.2 Å². The first-order valence-corrected chi connectivity index (χ1v) is 9.99. The summed E-state index contributed by atoms with van der Waals surface area (Å²) in [6, 6.07) is 13.4. The molecule has 1 aliphatic rings. The van der Waals surface area contributed by atoms with Crippen LogP contribution in [-0.4, -0.2) is 48.4 Å². The van der Waals surface area contributed by atoms with E-state index < -0.39 is 0 Å². The van der Waals surface area contributed by atoms with Crippen LogP contribution in [-0.2, 0) is 11.3 Å². The SMILES string of the molecule is O=C(CN1CCN(Cc2ccccc2Cl)CC1)Nc1ccc(Br)cc1Cl. The van der Waals surface area contributed by atoms with Crippen molar-refractivity contribution in [2.75, 3.05) is 38.0 Å². The fourth-order valence-corrected chi connectivity index (χ4v) is 3.87. The number of hydrogen-bond donors (Lipinski definition) is 1. The standard InChI is InChI=1S/C19H20BrCl2N3O/c20-15-5-6-18(17(22)11-15)23-19(26)13-25-9-7-24(8-10-25)12-14-3-1-2-4-16(14)21/h1-6,11H,7-10,12-13H2,(H,23,26). The Kier molecular flexibility index (Phi) is 6.95. The highest BCUT2D eigenvalue weighted by atomic mass is 79.9. The number of carbonyl (C=O) groups excluding carboxylic acids is 1. The second-order valence-corrected chi connectivity index (χ2v) is 8.05. The lowest BCUT2D eigenvalue weighted by molar-refractivity contribution is -0.117. The summed E-state index contributed by atoms with van der Waals surface area (Å²) in [4.78, 5) is 16.8. The maximum atomic E-state index is 12.3. The van der Waals surface area contributed by atoms with Gasteiger partial charge in [0.05, 0.1) is 17.3 Å². The molecule has 0 bridgehead atoms. The molecule has 26 heavy (non-hydrogen) atoms. The molecular weight excluding hydrogens is 437 g/mol. The van der Waals surface area contributed by atoms with Crippen molar-refractivity contribution in [3.63, 3.8) is 0 Å². The number of halogens is 3. The Hall–Kier alpha value is -1.11. The van der Waals surface area contributed by atoms with Crippen LogP contribution in [0.1, 0.15) is 5.56 Å². The Morgan fingerprint density at radius 3 is 2.38 bits per heavy atom. The van der Waals surface area contributed by atoms with Gasteiger partial charge in [-0.15, -0.1) is 0 Å². The lowest BCUT2D eigenvalue weighted by Crippen LogP contribution is -2.48. The number of piperazine rings is 1. The Labute approximate surface area is 172 Å². The van der Waals surface area contributed by atoms with Gasteiger partial charge in [-0.1, -0.05) is 57.3 Å². The van der Waals surface area contributed by atoms with Gasteiger partial charge in [-0.2, -0.15) is 0 Å². The maximum absolute atomic E-state index is 12.3. The molecule has 1 fully saturated rings. The zero-order valence-electron chi connectivity index (χ0n) is 14.2. The topological polar surface area (TPSA) is 35.6 Å². The highest BCUT2D eigenvalue weighted by Crippen LogP contribution is 2.25. The van der Waals surface area contributed by atoms with Crippen molar-refractivity contribution < 1.29 is 4.79 Å². The van der Waals surface area contributed by atoms with E-state index in [-0.39, 0.29) is 5.91 Å². The van der Waals surface area contributed by atoms with Crippen molar-refractivity contribution in [2.24, 2.45) is 0 Å². The lowest BCUT2D eigenvalue weighted by Gasteiger charge is -2.34. The van der Waals surface area contributed by atoms with Crippen LogP contribution in [0.15, 0.2) is 46.9 Å². The van der Waals surface area contributed by atoms with Gasteiger partial charge in [-0.3, -0.25) is 14.6 Å². The molecule has 138 valence electrons. The molecular formula is C19H20BrCl2N3O. The lowest BCUT2D eigenvalue weighted by atomic mass is 10.2. The summed E-state index contributed by atoms with van der Waals surface area (Å²) in [5.41, 5.74) is 1.78. The van der Waals surface area contributed by atoms with E-state index in [1.54, 1.807) is 12.1 Å². The Balaban J connectivity index is 1.46. The van der Waals surface area contributed by atoms with E-state index in [2.05, 4.69) is 37.1 Å². The van der Waals surface area contributed by atoms with Gasteiger partial charge in [-0.05, 0) is 29.8 Å². The van der Waals surface area contributed by atoms with Crippen molar-refractivity contribution in [3.8, 4) is 0 Å². The first kappa shape index (κ1) is 19.6. The molecule has 0 unspecified atom stereocenters. The fraction of sp³-hybridized carbons (Fsp3) is 0.316. The molecule has 1 saturated heterocycles. The smallest absolute Gasteiger partial charge is 0.238 e. The van der Waals surface area contributed by atoms with Gasteiger partial charge in [0.1, 0.15) is 0 Å². The predicted molar refractivity (Wildman–Crippen MR) is 111 cm³/mol. The van der Waals surface area contributed by atoms with Gasteiger partial charge < -0.3 is 5.32 Å². The third-order valence-electron chi connectivity index (χ3n) is 4.39. The van der Waals surface area contributed by atoms with E-state index in [1.807, 2.05) is 24.3 Å². The molecule has 1 aliphatic heterocycles. The molecule has 1 amide bonds. The van der Waals surface area contributed by atoms with E-state index in [9.17, 15) is 4.79 Å². The predicted octanol–water partition coefficient (Wildman–Crippen LogP) is 4.51. The van der Waals surface area contributed by atoms with Crippen LogP contribution in [0.25, 0.3) is 0 Å². The number of hydrogen-bond acceptors (Lipinski definition) is 3. The number of amides is 1. The minimum absolute atomic E-state index is 0.0474. The summed E-state index contributed by atoms with van der Waals surface area (Å²) in [7, 11) is 0. The molecule has 4 nitrogen and oxygen atoms in total. The van der Waals surface area contributed by atoms with Crippen LogP contribution in [0.4, 0.5) is 5.69 Å². The van der Waals surface area contributed by atoms with Gasteiger partial charge in [0.15, 0.2) is 0 Å². The summed E-state index contributed by atoms with van der Waals surface area (Å²) in [6.45, 7) is 4.74. The van der Waals surface area contributed by atoms with Crippen LogP contribution in [0.5, 0.6) is 0 Å². The summed E-state index contributed by atoms with van der Waals surface area (Å²) in [5.74, 6) is -0.0474. The minimum Gasteiger partial charge on any atom is -0.324 e. The van der Waals surface area contributed by atoms with E-state index >= 15 is 0 Å². The molecule has 0 aliphatic carbocycles. The number of nitrogens with one attached hydrogen (secondary N) is 1. The molecule has 2 aromatic carbocycles. The number of benzene rings is 2. The quantitative estimate of drug-likeness (QED) is 0.718. The second-order valence-electron chi connectivity index (χ2n) is 6.32. The Morgan fingerprint density at radius 1 is 1.00 bits per heavy atom. The first-order chi connectivity index (χ1) is 12.5. The van der Waals surface area contributed by atoms with Crippen molar-refractivity contribution in [3.05, 3.63) is 62.5 Å². The van der Waals surface area contributed by atoms with Crippen LogP contribution in [0.2, 0.25) is 10.0 Å². The van der Waals surface area contributed by atoms with Crippen LogP contribution >= 0.6 is 39.1 Å². The van der Waals surface area contributed by atoms with E-state index in [0.29, 0.717) is 17.3 Å². The van der Waals surface area contributed by atoms with Crippen molar-refractivity contribution in [1.82, 2.24) is 9.80 Å². The number of nitrogens with zero attached hydrogens (tertiary/aromatic N) is 2. The van der Waals surface area contributed by atoms with E-state index in [4.69, 9.17) is 23.2 Å². The van der Waals surface area contributed by atoms with Crippen molar-refractivity contribution >= 4 is 50.7 Å². The van der Waals surface area contributed by atoms with Gasteiger partial charge in [-0.25, -0.2) is 0 Å². The van der Waals surface area contributed by atoms with E-state index in [0.717, 1.165) is 47.8 Å². The normalized spacial score (nSPS) is 15.8. The molecule has 2 aromatic rings. The summed E-state index contributed by atoms with van der Waals surface area (Å²) < 4.78 is 0.884. The molecule has 0 radical (unpaired) electrons. The summed E-state index contributed by atoms with van der Waals surface area (Å²) >= 11 is 15.7. The number of anilines is 1. The minimum atomic E-state index is -0.0474. The molecule has 7 heteroatoms. The average Bonchev–Trinajstić information content (AvgIpc) is 2.61. The first-order valence-electron chi connectivity index (χ1n) is 8.44. The highest BCUT2D eigenvalue weighted by molar-refractivity contribution is 9.10. The Morgan fingerprint density at radius 2 is 1.69 bits per heavy atom. The number of rotatable bonds is 5. The Bertz CT molecular complexity index is 779. The van der Waals surface area contributed by atoms with Crippen molar-refractivity contribution in [2.45, 2.75) is 6.54 Å². The third-order valence-corrected chi connectivity index (χ3v) is 5.56. The molecule has 0 saturated carbocycles. The average molecular weight is 457 g/mol. The highest BCUT2D eigenvalue weighted by Gasteiger charge is 2.20. The molecule has 1 N–H and O–H groups in total. The molecule has 0 aromatic heterocycles. The summed E-state index contributed by atoms with van der Waals surface area (Å²) in [5, 5.41) is 4.21. The van der Waals surface area contributed by atoms with Gasteiger partial charge >= 0.3 is 0 Å². The van der Waals surface area contributed by atoms with Gasteiger partial charge in [0.25, 0.3) is 0 Å². The zero-order chi connectivity index (χ0) is 18.5. The van der Waals surface area contributed by atoms with E-state index in [1.165, 1.54) is 0 Å². The molecule has 3 rings (SSSR count). The fourth-order valence-electron chi connectivity index (χ4n) is 2.96. The van der Waals surface area contributed by atoms with Crippen molar-refractivity contribution in [1.29, 1.82) is 0 Å². The van der Waals surface area contributed by atoms with Crippen LogP contribution in [0.3, 0.4) is 0 Å².